The molecule has 1 atom stereocenters. The van der Waals surface area contributed by atoms with Crippen molar-refractivity contribution in [1.82, 2.24) is 0 Å². The molecule has 1 N–H and O–H groups in total. The molecular formula is C17H19ClO6. The van der Waals surface area contributed by atoms with E-state index >= 15 is 0 Å². The van der Waals surface area contributed by atoms with Crippen LogP contribution in [0.25, 0.3) is 6.08 Å². The van der Waals surface area contributed by atoms with E-state index in [0.717, 1.165) is 6.08 Å². The van der Waals surface area contributed by atoms with Gasteiger partial charge in [0.1, 0.15) is 0 Å². The molecule has 0 aromatic heterocycles. The average molecular weight is 355 g/mol. The number of carbonyl (C=O) groups is 3. The number of rotatable bonds is 5. The van der Waals surface area contributed by atoms with Crippen LogP contribution >= 0.6 is 11.6 Å². The molecule has 0 aliphatic carbocycles. The second-order valence-electron chi connectivity index (χ2n) is 6.00. The zero-order chi connectivity index (χ0) is 18.5. The number of carboxylic acid groups (broad SMARTS) is 1. The van der Waals surface area contributed by atoms with Crippen molar-refractivity contribution in [3.63, 3.8) is 0 Å². The van der Waals surface area contributed by atoms with Crippen LogP contribution in [0, 0.1) is 5.41 Å². The Balaban J connectivity index is 3.30. The summed E-state index contributed by atoms with van der Waals surface area (Å²) in [5, 5.41) is 9.72. The molecule has 0 saturated carbocycles. The lowest BCUT2D eigenvalue weighted by atomic mass is 9.96. The van der Waals surface area contributed by atoms with E-state index in [1.807, 2.05) is 0 Å². The number of ether oxygens (including phenoxy) is 2. The van der Waals surface area contributed by atoms with Crippen LogP contribution in [0.4, 0.5) is 0 Å². The van der Waals surface area contributed by atoms with Crippen LogP contribution in [0.15, 0.2) is 24.3 Å². The number of benzene rings is 1. The Morgan fingerprint density at radius 3 is 2.38 bits per heavy atom. The normalized spacial score (nSPS) is 12.7. The Bertz CT molecular complexity index is 672. The van der Waals surface area contributed by atoms with E-state index in [4.69, 9.17) is 16.3 Å². The second kappa shape index (κ2) is 7.97. The first kappa shape index (κ1) is 19.7. The van der Waals surface area contributed by atoms with Gasteiger partial charge in [0, 0.05) is 16.7 Å². The fourth-order valence-electron chi connectivity index (χ4n) is 1.68. The van der Waals surface area contributed by atoms with Gasteiger partial charge in [-0.3, -0.25) is 4.79 Å². The zero-order valence-corrected chi connectivity index (χ0v) is 14.6. The first-order valence-corrected chi connectivity index (χ1v) is 7.43. The summed E-state index contributed by atoms with van der Waals surface area (Å²) in [4.78, 5) is 34.9. The minimum atomic E-state index is -1.55. The molecule has 0 heterocycles. The van der Waals surface area contributed by atoms with Crippen molar-refractivity contribution in [2.75, 3.05) is 7.11 Å². The van der Waals surface area contributed by atoms with Gasteiger partial charge in [-0.15, -0.1) is 0 Å². The lowest BCUT2D eigenvalue weighted by Crippen LogP contribution is -2.28. The highest BCUT2D eigenvalue weighted by Crippen LogP contribution is 2.29. The third kappa shape index (κ3) is 5.38. The first-order valence-electron chi connectivity index (χ1n) is 7.05. The van der Waals surface area contributed by atoms with Crippen LogP contribution in [-0.2, 0) is 23.9 Å². The fraction of sp³-hybridized carbons (Fsp3) is 0.353. The topological polar surface area (TPSA) is 89.9 Å². The maximum absolute atomic E-state index is 12.1. The summed E-state index contributed by atoms with van der Waals surface area (Å²) in [6.07, 6.45) is 0.961. The summed E-state index contributed by atoms with van der Waals surface area (Å²) in [5.74, 6) is -2.62. The van der Waals surface area contributed by atoms with Gasteiger partial charge in [0.05, 0.1) is 12.5 Å². The van der Waals surface area contributed by atoms with Crippen LogP contribution < -0.4 is 0 Å². The molecule has 6 nitrogen and oxygen atoms in total. The molecule has 0 spiro atoms. The van der Waals surface area contributed by atoms with Gasteiger partial charge in [-0.2, -0.15) is 0 Å². The van der Waals surface area contributed by atoms with Crippen molar-refractivity contribution >= 4 is 35.6 Å². The van der Waals surface area contributed by atoms with Gasteiger partial charge in [0.15, 0.2) is 0 Å². The van der Waals surface area contributed by atoms with Crippen LogP contribution in [0.5, 0.6) is 0 Å². The standard InChI is InChI=1S/C17H19ClO6/c1-17(2,3)16(22)24-14(15(20)21)12-9-11(18)7-5-10(12)6-8-13(19)23-4/h5-9,14H,1-4H3,(H,20,21)/b8-6+/t14-/m0/s1. The van der Waals surface area contributed by atoms with Gasteiger partial charge in [0.2, 0.25) is 6.10 Å². The summed E-state index contributed by atoms with van der Waals surface area (Å²) < 4.78 is 9.64. The van der Waals surface area contributed by atoms with Crippen LogP contribution in [0.1, 0.15) is 38.0 Å². The molecule has 1 aromatic carbocycles. The quantitative estimate of drug-likeness (QED) is 0.645. The number of methoxy groups -OCH3 is 1. The Hall–Kier alpha value is -2.34. The van der Waals surface area contributed by atoms with Crippen molar-refractivity contribution in [1.29, 1.82) is 0 Å². The van der Waals surface area contributed by atoms with E-state index in [-0.39, 0.29) is 10.6 Å². The van der Waals surface area contributed by atoms with Crippen molar-refractivity contribution in [2.45, 2.75) is 26.9 Å². The summed E-state index contributed by atoms with van der Waals surface area (Å²) in [7, 11) is 1.22. The minimum absolute atomic E-state index is 0.160. The summed E-state index contributed by atoms with van der Waals surface area (Å²) >= 11 is 5.93. The van der Waals surface area contributed by atoms with Crippen LogP contribution in [0.3, 0.4) is 0 Å². The monoisotopic (exact) mass is 354 g/mol. The SMILES string of the molecule is COC(=O)/C=C/c1ccc(Cl)cc1[C@H](OC(=O)C(C)(C)C)C(=O)O. The van der Waals surface area contributed by atoms with Gasteiger partial charge in [-0.1, -0.05) is 17.7 Å². The van der Waals surface area contributed by atoms with E-state index < -0.39 is 29.4 Å². The van der Waals surface area contributed by atoms with Gasteiger partial charge in [0.25, 0.3) is 0 Å². The molecule has 0 amide bonds. The van der Waals surface area contributed by atoms with Crippen molar-refractivity contribution in [2.24, 2.45) is 5.41 Å². The van der Waals surface area contributed by atoms with E-state index in [0.29, 0.717) is 5.56 Å². The Morgan fingerprint density at radius 1 is 1.25 bits per heavy atom. The molecule has 1 aromatic rings. The van der Waals surface area contributed by atoms with E-state index in [2.05, 4.69) is 4.74 Å². The highest BCUT2D eigenvalue weighted by molar-refractivity contribution is 6.30. The molecule has 0 saturated heterocycles. The molecular weight excluding hydrogens is 336 g/mol. The Morgan fingerprint density at radius 2 is 1.88 bits per heavy atom. The van der Waals surface area contributed by atoms with Gasteiger partial charge in [-0.05, 0) is 44.5 Å². The van der Waals surface area contributed by atoms with Crippen molar-refractivity contribution in [3.05, 3.63) is 40.4 Å². The predicted molar refractivity (Wildman–Crippen MR) is 88.4 cm³/mol. The summed E-state index contributed by atoms with van der Waals surface area (Å²) in [5.41, 5.74) is -0.333. The first-order chi connectivity index (χ1) is 11.1. The third-order valence-corrected chi connectivity index (χ3v) is 3.23. The molecule has 1 rings (SSSR count). The molecule has 0 bridgehead atoms. The number of hydrogen-bond donors (Lipinski definition) is 1. The summed E-state index contributed by atoms with van der Waals surface area (Å²) in [6, 6.07) is 4.44. The number of hydrogen-bond acceptors (Lipinski definition) is 5. The van der Waals surface area contributed by atoms with Crippen molar-refractivity contribution in [3.8, 4) is 0 Å². The summed E-state index contributed by atoms with van der Waals surface area (Å²) in [6.45, 7) is 4.85. The number of esters is 2. The lowest BCUT2D eigenvalue weighted by Gasteiger charge is -2.22. The van der Waals surface area contributed by atoms with E-state index in [9.17, 15) is 19.5 Å². The largest absolute Gasteiger partial charge is 0.478 e. The van der Waals surface area contributed by atoms with Crippen molar-refractivity contribution < 1.29 is 29.0 Å². The highest BCUT2D eigenvalue weighted by Gasteiger charge is 2.32. The van der Waals surface area contributed by atoms with Gasteiger partial charge in [-0.25, -0.2) is 9.59 Å². The van der Waals surface area contributed by atoms with Gasteiger partial charge >= 0.3 is 17.9 Å². The fourth-order valence-corrected chi connectivity index (χ4v) is 1.86. The van der Waals surface area contributed by atoms with Gasteiger partial charge < -0.3 is 14.6 Å². The highest BCUT2D eigenvalue weighted by atomic mass is 35.5. The molecule has 24 heavy (non-hydrogen) atoms. The molecule has 0 fully saturated rings. The van der Waals surface area contributed by atoms with Crippen LogP contribution in [0.2, 0.25) is 5.02 Å². The number of aliphatic carboxylic acids is 1. The average Bonchev–Trinajstić information content (AvgIpc) is 2.49. The van der Waals surface area contributed by atoms with Crippen LogP contribution in [-0.4, -0.2) is 30.1 Å². The molecule has 0 radical (unpaired) electrons. The molecule has 0 aliphatic heterocycles. The van der Waals surface area contributed by atoms with E-state index in [1.165, 1.54) is 31.4 Å². The number of carbonyl (C=O) groups excluding carboxylic acids is 2. The zero-order valence-electron chi connectivity index (χ0n) is 13.8. The molecule has 7 heteroatoms. The molecule has 130 valence electrons. The smallest absolute Gasteiger partial charge is 0.349 e. The second-order valence-corrected chi connectivity index (χ2v) is 6.44. The number of halogens is 1. The minimum Gasteiger partial charge on any atom is -0.478 e. The van der Waals surface area contributed by atoms with E-state index in [1.54, 1.807) is 20.8 Å². The molecule has 0 aliphatic rings. The predicted octanol–water partition coefficient (Wildman–Crippen LogP) is 3.24. The Kier molecular flexibility index (Phi) is 6.54. The maximum atomic E-state index is 12.1. The lowest BCUT2D eigenvalue weighted by molar-refractivity contribution is -0.170. The maximum Gasteiger partial charge on any atom is 0.349 e. The Labute approximate surface area is 145 Å². The molecule has 0 unspecified atom stereocenters. The third-order valence-electron chi connectivity index (χ3n) is 2.99. The number of carboxylic acids is 1.